The Morgan fingerprint density at radius 3 is 2.33 bits per heavy atom. The average Bonchev–Trinajstić information content (AvgIpc) is 2.71. The summed E-state index contributed by atoms with van der Waals surface area (Å²) < 4.78 is 10.8. The van der Waals surface area contributed by atoms with Crippen molar-refractivity contribution in [3.63, 3.8) is 0 Å². The lowest BCUT2D eigenvalue weighted by Crippen LogP contribution is -2.52. The van der Waals surface area contributed by atoms with Crippen LogP contribution in [0.15, 0.2) is 18.2 Å². The van der Waals surface area contributed by atoms with Crippen molar-refractivity contribution in [3.05, 3.63) is 23.2 Å². The molecule has 166 valence electrons. The van der Waals surface area contributed by atoms with Gasteiger partial charge in [0.1, 0.15) is 5.60 Å². The summed E-state index contributed by atoms with van der Waals surface area (Å²) in [6, 6.07) is 5.67. The van der Waals surface area contributed by atoms with E-state index in [9.17, 15) is 9.59 Å². The van der Waals surface area contributed by atoms with Crippen molar-refractivity contribution < 1.29 is 19.1 Å². The average molecular weight is 439 g/mol. The molecule has 1 N–H and O–H groups in total. The van der Waals surface area contributed by atoms with Crippen molar-refractivity contribution in [1.29, 1.82) is 0 Å². The van der Waals surface area contributed by atoms with Gasteiger partial charge >= 0.3 is 6.09 Å². The van der Waals surface area contributed by atoms with Crippen molar-refractivity contribution in [1.82, 2.24) is 9.80 Å². The lowest BCUT2D eigenvalue weighted by molar-refractivity contribution is -0.131. The van der Waals surface area contributed by atoms with Gasteiger partial charge in [0.15, 0.2) is 0 Å². The second-order valence-electron chi connectivity index (χ2n) is 8.44. The molecule has 2 saturated heterocycles. The summed E-state index contributed by atoms with van der Waals surface area (Å²) in [5, 5.41) is 3.90. The van der Waals surface area contributed by atoms with Crippen LogP contribution < -0.4 is 10.2 Å². The van der Waals surface area contributed by atoms with Crippen LogP contribution in [0.3, 0.4) is 0 Å². The van der Waals surface area contributed by atoms with Gasteiger partial charge in [-0.1, -0.05) is 17.7 Å². The van der Waals surface area contributed by atoms with E-state index in [2.05, 4.69) is 10.2 Å². The van der Waals surface area contributed by atoms with Crippen molar-refractivity contribution in [2.75, 3.05) is 69.2 Å². The molecule has 1 aromatic carbocycles. The lowest BCUT2D eigenvalue weighted by atomic mass is 10.2. The van der Waals surface area contributed by atoms with E-state index in [1.165, 1.54) is 0 Å². The first-order chi connectivity index (χ1) is 14.2. The number of carbonyl (C=O) groups is 2. The number of rotatable bonds is 4. The summed E-state index contributed by atoms with van der Waals surface area (Å²) in [5.41, 5.74) is 1.22. The smallest absolute Gasteiger partial charge is 0.410 e. The third kappa shape index (κ3) is 5.92. The monoisotopic (exact) mass is 438 g/mol. The number of hydrogen-bond acceptors (Lipinski definition) is 6. The third-order valence-electron chi connectivity index (χ3n) is 5.03. The molecule has 2 fully saturated rings. The van der Waals surface area contributed by atoms with Crippen LogP contribution in [0.1, 0.15) is 20.8 Å². The number of anilines is 2. The zero-order valence-corrected chi connectivity index (χ0v) is 18.7. The minimum Gasteiger partial charge on any atom is -0.444 e. The number of ether oxygens (including phenoxy) is 2. The molecule has 8 nitrogen and oxygen atoms in total. The van der Waals surface area contributed by atoms with E-state index < -0.39 is 5.60 Å². The number of benzene rings is 1. The summed E-state index contributed by atoms with van der Waals surface area (Å²) in [6.45, 7) is 10.5. The quantitative estimate of drug-likeness (QED) is 0.779. The Balaban J connectivity index is 1.53. The Bertz CT molecular complexity index is 754. The molecule has 9 heteroatoms. The summed E-state index contributed by atoms with van der Waals surface area (Å²) in [4.78, 5) is 30.5. The molecule has 30 heavy (non-hydrogen) atoms. The van der Waals surface area contributed by atoms with Crippen molar-refractivity contribution in [2.24, 2.45) is 0 Å². The summed E-state index contributed by atoms with van der Waals surface area (Å²) in [7, 11) is 0. The summed E-state index contributed by atoms with van der Waals surface area (Å²) in [6.07, 6.45) is -0.332. The van der Waals surface area contributed by atoms with E-state index in [-0.39, 0.29) is 18.5 Å². The predicted molar refractivity (Wildman–Crippen MR) is 117 cm³/mol. The van der Waals surface area contributed by atoms with Crippen LogP contribution in [0.25, 0.3) is 0 Å². The number of halogens is 1. The highest BCUT2D eigenvalue weighted by atomic mass is 35.5. The van der Waals surface area contributed by atoms with E-state index >= 15 is 0 Å². The minimum atomic E-state index is -0.525. The van der Waals surface area contributed by atoms with E-state index in [0.29, 0.717) is 44.4 Å². The number of hydrogen-bond donors (Lipinski definition) is 1. The van der Waals surface area contributed by atoms with Crippen LogP contribution in [0.2, 0.25) is 5.02 Å². The van der Waals surface area contributed by atoms with Crippen LogP contribution >= 0.6 is 11.6 Å². The topological polar surface area (TPSA) is 74.4 Å². The van der Waals surface area contributed by atoms with E-state index in [4.69, 9.17) is 21.1 Å². The first-order valence-corrected chi connectivity index (χ1v) is 10.7. The molecule has 0 spiro atoms. The number of para-hydroxylation sites is 1. The van der Waals surface area contributed by atoms with Crippen LogP contribution in [0, 0.1) is 0 Å². The number of piperazine rings is 1. The van der Waals surface area contributed by atoms with Crippen molar-refractivity contribution in [3.8, 4) is 0 Å². The number of morpholine rings is 1. The Labute approximate surface area is 183 Å². The Hall–Kier alpha value is -2.19. The van der Waals surface area contributed by atoms with Crippen LogP contribution in [0.4, 0.5) is 16.2 Å². The Morgan fingerprint density at radius 2 is 1.70 bits per heavy atom. The molecular formula is C21H31ClN4O4. The molecule has 0 bridgehead atoms. The molecule has 2 amide bonds. The van der Waals surface area contributed by atoms with Gasteiger partial charge in [-0.15, -0.1) is 0 Å². The minimum absolute atomic E-state index is 0.00765. The maximum absolute atomic E-state index is 12.7. The highest BCUT2D eigenvalue weighted by Gasteiger charge is 2.27. The van der Waals surface area contributed by atoms with E-state index in [1.807, 2.05) is 39.0 Å². The Morgan fingerprint density at radius 1 is 1.07 bits per heavy atom. The molecule has 2 aliphatic heterocycles. The molecule has 3 rings (SSSR count). The number of nitrogens with zero attached hydrogens (tertiary/aromatic N) is 3. The molecular weight excluding hydrogens is 408 g/mol. The standard InChI is InChI=1S/C21H31ClN4O4/c1-21(2,3)30-20(28)26-9-7-24(8-10-26)18(27)15-23-17-6-4-5-16(22)19(17)25-11-13-29-14-12-25/h4-6,23H,7-15H2,1-3H3. The lowest BCUT2D eigenvalue weighted by Gasteiger charge is -2.36. The first-order valence-electron chi connectivity index (χ1n) is 10.4. The van der Waals surface area contributed by atoms with Gasteiger partial charge in [-0.25, -0.2) is 4.79 Å². The predicted octanol–water partition coefficient (Wildman–Crippen LogP) is 2.67. The zero-order valence-electron chi connectivity index (χ0n) is 17.9. The maximum atomic E-state index is 12.7. The van der Waals surface area contributed by atoms with Gasteiger partial charge in [-0.2, -0.15) is 0 Å². The van der Waals surface area contributed by atoms with Gasteiger partial charge in [0.2, 0.25) is 5.91 Å². The summed E-state index contributed by atoms with van der Waals surface area (Å²) in [5.74, 6) is -0.00765. The molecule has 2 heterocycles. The third-order valence-corrected chi connectivity index (χ3v) is 5.33. The zero-order chi connectivity index (χ0) is 21.7. The van der Waals surface area contributed by atoms with Gasteiger partial charge in [0.25, 0.3) is 0 Å². The van der Waals surface area contributed by atoms with Gasteiger partial charge in [-0.05, 0) is 32.9 Å². The second kappa shape index (κ2) is 9.75. The van der Waals surface area contributed by atoms with Crippen LogP contribution in [0.5, 0.6) is 0 Å². The first kappa shape index (κ1) is 22.5. The van der Waals surface area contributed by atoms with Gasteiger partial charge in [-0.3, -0.25) is 4.79 Å². The van der Waals surface area contributed by atoms with Crippen LogP contribution in [-0.4, -0.2) is 86.4 Å². The fraction of sp³-hybridized carbons (Fsp3) is 0.619. The van der Waals surface area contributed by atoms with Crippen LogP contribution in [-0.2, 0) is 14.3 Å². The van der Waals surface area contributed by atoms with Gasteiger partial charge < -0.3 is 29.5 Å². The molecule has 0 aromatic heterocycles. The van der Waals surface area contributed by atoms with Crippen molar-refractivity contribution in [2.45, 2.75) is 26.4 Å². The molecule has 0 saturated carbocycles. The SMILES string of the molecule is CC(C)(C)OC(=O)N1CCN(C(=O)CNc2cccc(Cl)c2N2CCOCC2)CC1. The van der Waals surface area contributed by atoms with Gasteiger partial charge in [0, 0.05) is 39.3 Å². The summed E-state index contributed by atoms with van der Waals surface area (Å²) >= 11 is 6.45. The Kier molecular flexibility index (Phi) is 7.31. The molecule has 0 radical (unpaired) electrons. The maximum Gasteiger partial charge on any atom is 0.410 e. The fourth-order valence-corrected chi connectivity index (χ4v) is 3.81. The number of nitrogens with one attached hydrogen (secondary N) is 1. The van der Waals surface area contributed by atoms with Crippen molar-refractivity contribution >= 4 is 35.0 Å². The molecule has 0 atom stereocenters. The molecule has 2 aliphatic rings. The number of amides is 2. The van der Waals surface area contributed by atoms with E-state index in [0.717, 1.165) is 24.5 Å². The second-order valence-corrected chi connectivity index (χ2v) is 8.84. The highest BCUT2D eigenvalue weighted by molar-refractivity contribution is 6.34. The molecule has 1 aromatic rings. The molecule has 0 unspecified atom stereocenters. The fourth-order valence-electron chi connectivity index (χ4n) is 3.51. The molecule has 0 aliphatic carbocycles. The number of carbonyl (C=O) groups excluding carboxylic acids is 2. The van der Waals surface area contributed by atoms with E-state index in [1.54, 1.807) is 9.80 Å². The van der Waals surface area contributed by atoms with Gasteiger partial charge in [0.05, 0.1) is 36.2 Å². The highest BCUT2D eigenvalue weighted by Crippen LogP contribution is 2.34. The normalized spacial score (nSPS) is 17.7. The largest absolute Gasteiger partial charge is 0.444 e.